The average Bonchev–Trinajstić information content (AvgIpc) is 2.88. The van der Waals surface area contributed by atoms with Crippen molar-refractivity contribution < 1.29 is 4.79 Å². The van der Waals surface area contributed by atoms with Crippen LogP contribution < -0.4 is 5.32 Å². The van der Waals surface area contributed by atoms with E-state index in [1.54, 1.807) is 12.3 Å². The number of para-hydroxylation sites is 1. The lowest BCUT2D eigenvalue weighted by atomic mass is 10.1. The summed E-state index contributed by atoms with van der Waals surface area (Å²) in [6.07, 6.45) is 6.56. The first-order valence-corrected chi connectivity index (χ1v) is 8.03. The van der Waals surface area contributed by atoms with E-state index in [2.05, 4.69) is 40.1 Å². The third-order valence-corrected chi connectivity index (χ3v) is 4.03. The Morgan fingerprint density at radius 2 is 2.13 bits per heavy atom. The molecule has 1 aromatic carbocycles. The molecule has 3 rings (SSSR count). The zero-order valence-corrected chi connectivity index (χ0v) is 13.7. The minimum absolute atomic E-state index is 0.0856. The number of anilines is 1. The molecule has 0 saturated carbocycles. The summed E-state index contributed by atoms with van der Waals surface area (Å²) in [6, 6.07) is 9.87. The summed E-state index contributed by atoms with van der Waals surface area (Å²) < 4.78 is 2.21. The molecular weight excluding hydrogens is 310 g/mol. The van der Waals surface area contributed by atoms with E-state index in [-0.39, 0.29) is 5.91 Å². The Morgan fingerprint density at radius 3 is 2.91 bits per heavy atom. The van der Waals surface area contributed by atoms with Crippen LogP contribution in [0.1, 0.15) is 18.9 Å². The van der Waals surface area contributed by atoms with Crippen LogP contribution >= 0.6 is 11.6 Å². The molecule has 0 aliphatic carbocycles. The van der Waals surface area contributed by atoms with Gasteiger partial charge in [-0.1, -0.05) is 36.7 Å². The quantitative estimate of drug-likeness (QED) is 0.760. The van der Waals surface area contributed by atoms with Crippen molar-refractivity contribution in [3.05, 3.63) is 59.5 Å². The number of nitrogens with zero attached hydrogens (tertiary/aromatic N) is 2. The van der Waals surface area contributed by atoms with Crippen molar-refractivity contribution in [2.75, 3.05) is 5.32 Å². The van der Waals surface area contributed by atoms with E-state index < -0.39 is 0 Å². The van der Waals surface area contributed by atoms with Crippen molar-refractivity contribution in [2.24, 2.45) is 0 Å². The normalized spacial score (nSPS) is 10.9. The molecule has 0 spiro atoms. The van der Waals surface area contributed by atoms with Crippen LogP contribution in [0.4, 0.5) is 5.69 Å². The summed E-state index contributed by atoms with van der Waals surface area (Å²) in [7, 11) is 0. The van der Waals surface area contributed by atoms with Gasteiger partial charge in [-0.25, -0.2) is 0 Å². The van der Waals surface area contributed by atoms with Gasteiger partial charge in [-0.3, -0.25) is 9.78 Å². The monoisotopic (exact) mass is 327 g/mol. The predicted octanol–water partition coefficient (Wildman–Crippen LogP) is 4.28. The van der Waals surface area contributed by atoms with Crippen LogP contribution in [0.3, 0.4) is 0 Å². The van der Waals surface area contributed by atoms with Crippen LogP contribution in [0.5, 0.6) is 0 Å². The average molecular weight is 328 g/mol. The lowest BCUT2D eigenvalue weighted by molar-refractivity contribution is -0.115. The number of hydrogen-bond donors (Lipinski definition) is 1. The molecule has 2 aromatic heterocycles. The highest BCUT2D eigenvalue weighted by Gasteiger charge is 2.12. The van der Waals surface area contributed by atoms with Gasteiger partial charge >= 0.3 is 0 Å². The van der Waals surface area contributed by atoms with E-state index in [4.69, 9.17) is 11.6 Å². The Kier molecular flexibility index (Phi) is 4.63. The number of aromatic nitrogens is 2. The molecule has 5 heteroatoms. The van der Waals surface area contributed by atoms with Gasteiger partial charge in [0.2, 0.25) is 5.91 Å². The Balaban J connectivity index is 1.84. The van der Waals surface area contributed by atoms with E-state index in [9.17, 15) is 4.79 Å². The maximum absolute atomic E-state index is 12.3. The van der Waals surface area contributed by atoms with E-state index in [0.717, 1.165) is 23.9 Å². The number of nitrogens with one attached hydrogen (secondary N) is 1. The van der Waals surface area contributed by atoms with Gasteiger partial charge in [0.15, 0.2) is 0 Å². The van der Waals surface area contributed by atoms with E-state index in [0.29, 0.717) is 17.1 Å². The van der Waals surface area contributed by atoms with Gasteiger partial charge in [0.05, 0.1) is 17.1 Å². The number of carbonyl (C=O) groups is 1. The lowest BCUT2D eigenvalue weighted by Crippen LogP contribution is -2.14. The molecule has 118 valence electrons. The van der Waals surface area contributed by atoms with Crippen molar-refractivity contribution >= 4 is 34.1 Å². The standard InChI is InChI=1S/C18H18ClN3O/c1-2-9-22-12-13(14-5-3-4-6-17(14)22)10-18(23)21-16-7-8-20-11-15(16)19/h3-8,11-12H,2,9-10H2,1H3,(H,20,21,23). The number of rotatable bonds is 5. The predicted molar refractivity (Wildman–Crippen MR) is 93.8 cm³/mol. The molecule has 1 amide bonds. The lowest BCUT2D eigenvalue weighted by Gasteiger charge is -2.06. The Bertz CT molecular complexity index is 841. The zero-order chi connectivity index (χ0) is 16.2. The van der Waals surface area contributed by atoms with E-state index >= 15 is 0 Å². The van der Waals surface area contributed by atoms with Crippen LogP contribution in [0.25, 0.3) is 10.9 Å². The smallest absolute Gasteiger partial charge is 0.228 e. The van der Waals surface area contributed by atoms with Crippen LogP contribution in [0, 0.1) is 0 Å². The van der Waals surface area contributed by atoms with Crippen molar-refractivity contribution in [3.8, 4) is 0 Å². The van der Waals surface area contributed by atoms with Crippen molar-refractivity contribution in [1.82, 2.24) is 9.55 Å². The second-order valence-electron chi connectivity index (χ2n) is 5.45. The Hall–Kier alpha value is -2.33. The summed E-state index contributed by atoms with van der Waals surface area (Å²) in [5.74, 6) is -0.0856. The third-order valence-electron chi connectivity index (χ3n) is 3.73. The van der Waals surface area contributed by atoms with Crippen LogP contribution in [-0.2, 0) is 17.8 Å². The van der Waals surface area contributed by atoms with E-state index in [1.165, 1.54) is 11.7 Å². The molecule has 23 heavy (non-hydrogen) atoms. The number of amides is 1. The molecule has 3 aromatic rings. The SMILES string of the molecule is CCCn1cc(CC(=O)Nc2ccncc2Cl)c2ccccc21. The molecule has 1 N–H and O–H groups in total. The van der Waals surface area contributed by atoms with Crippen molar-refractivity contribution in [1.29, 1.82) is 0 Å². The maximum atomic E-state index is 12.3. The van der Waals surface area contributed by atoms with Gasteiger partial charge in [-0.2, -0.15) is 0 Å². The fourth-order valence-corrected chi connectivity index (χ4v) is 2.90. The summed E-state index contributed by atoms with van der Waals surface area (Å²) in [6.45, 7) is 3.09. The van der Waals surface area contributed by atoms with Gasteiger partial charge < -0.3 is 9.88 Å². The number of carbonyl (C=O) groups excluding carboxylic acids is 1. The summed E-state index contributed by atoms with van der Waals surface area (Å²) in [4.78, 5) is 16.3. The highest BCUT2D eigenvalue weighted by atomic mass is 35.5. The number of hydrogen-bond acceptors (Lipinski definition) is 2. The highest BCUT2D eigenvalue weighted by Crippen LogP contribution is 2.23. The first-order valence-electron chi connectivity index (χ1n) is 7.65. The third kappa shape index (κ3) is 3.37. The number of benzene rings is 1. The number of pyridine rings is 1. The molecular formula is C18H18ClN3O. The molecule has 2 heterocycles. The van der Waals surface area contributed by atoms with Crippen LogP contribution in [0.15, 0.2) is 48.9 Å². The molecule has 0 radical (unpaired) electrons. The van der Waals surface area contributed by atoms with E-state index in [1.807, 2.05) is 12.1 Å². The second-order valence-corrected chi connectivity index (χ2v) is 5.85. The van der Waals surface area contributed by atoms with Gasteiger partial charge in [-0.05, 0) is 24.1 Å². The molecule has 0 aliphatic rings. The molecule has 4 nitrogen and oxygen atoms in total. The molecule has 0 unspecified atom stereocenters. The first-order chi connectivity index (χ1) is 11.2. The molecule has 0 aliphatic heterocycles. The molecule has 0 atom stereocenters. The van der Waals surface area contributed by atoms with Crippen molar-refractivity contribution in [3.63, 3.8) is 0 Å². The van der Waals surface area contributed by atoms with Gasteiger partial charge in [0, 0.05) is 36.0 Å². The highest BCUT2D eigenvalue weighted by molar-refractivity contribution is 6.33. The fourth-order valence-electron chi connectivity index (χ4n) is 2.73. The number of fused-ring (bicyclic) bond motifs is 1. The molecule has 0 bridgehead atoms. The minimum Gasteiger partial charge on any atom is -0.347 e. The Morgan fingerprint density at radius 1 is 1.30 bits per heavy atom. The number of halogens is 1. The molecule has 0 fully saturated rings. The summed E-state index contributed by atoms with van der Waals surface area (Å²) in [5, 5.41) is 4.41. The molecule has 0 saturated heterocycles. The number of aryl methyl sites for hydroxylation is 1. The summed E-state index contributed by atoms with van der Waals surface area (Å²) >= 11 is 6.03. The van der Waals surface area contributed by atoms with Gasteiger partial charge in [0.25, 0.3) is 0 Å². The summed E-state index contributed by atoms with van der Waals surface area (Å²) in [5.41, 5.74) is 2.78. The fraction of sp³-hybridized carbons (Fsp3) is 0.222. The minimum atomic E-state index is -0.0856. The van der Waals surface area contributed by atoms with Crippen molar-refractivity contribution in [2.45, 2.75) is 26.3 Å². The van der Waals surface area contributed by atoms with Gasteiger partial charge in [-0.15, -0.1) is 0 Å². The second kappa shape index (κ2) is 6.84. The van der Waals surface area contributed by atoms with Crippen LogP contribution in [0.2, 0.25) is 5.02 Å². The zero-order valence-electron chi connectivity index (χ0n) is 12.9. The van der Waals surface area contributed by atoms with Crippen LogP contribution in [-0.4, -0.2) is 15.5 Å². The maximum Gasteiger partial charge on any atom is 0.228 e. The topological polar surface area (TPSA) is 46.9 Å². The largest absolute Gasteiger partial charge is 0.347 e. The Labute approximate surface area is 140 Å². The first kappa shape index (κ1) is 15.6. The van der Waals surface area contributed by atoms with Gasteiger partial charge in [0.1, 0.15) is 0 Å².